The highest BCUT2D eigenvalue weighted by Gasteiger charge is 2.21. The van der Waals surface area contributed by atoms with E-state index in [1.165, 1.54) is 18.4 Å². The summed E-state index contributed by atoms with van der Waals surface area (Å²) in [7, 11) is 0. The third kappa shape index (κ3) is 3.43. The van der Waals surface area contributed by atoms with Crippen LogP contribution < -0.4 is 5.32 Å². The van der Waals surface area contributed by atoms with E-state index in [0.29, 0.717) is 6.04 Å². The molecule has 1 aliphatic heterocycles. The van der Waals surface area contributed by atoms with E-state index in [1.807, 2.05) is 12.3 Å². The molecule has 4 heteroatoms. The third-order valence-corrected chi connectivity index (χ3v) is 3.53. The SMILES string of the molecule is CCNc1ccc(CN2CCCCC2CO)cn1. The topological polar surface area (TPSA) is 48.4 Å². The number of aliphatic hydroxyl groups excluding tert-OH is 1. The van der Waals surface area contributed by atoms with Gasteiger partial charge in [-0.05, 0) is 37.9 Å². The fraction of sp³-hybridized carbons (Fsp3) is 0.643. The molecule has 0 amide bonds. The highest BCUT2D eigenvalue weighted by atomic mass is 16.3. The quantitative estimate of drug-likeness (QED) is 0.836. The number of hydrogen-bond donors (Lipinski definition) is 2. The first-order valence-corrected chi connectivity index (χ1v) is 6.87. The van der Waals surface area contributed by atoms with E-state index in [9.17, 15) is 5.11 Å². The summed E-state index contributed by atoms with van der Waals surface area (Å²) in [5.74, 6) is 0.929. The summed E-state index contributed by atoms with van der Waals surface area (Å²) in [5.41, 5.74) is 1.22. The van der Waals surface area contributed by atoms with E-state index in [4.69, 9.17) is 0 Å². The van der Waals surface area contributed by atoms with Gasteiger partial charge >= 0.3 is 0 Å². The van der Waals surface area contributed by atoms with Gasteiger partial charge in [0.1, 0.15) is 5.82 Å². The molecule has 100 valence electrons. The Morgan fingerprint density at radius 3 is 3.00 bits per heavy atom. The molecule has 1 aromatic rings. The Hall–Kier alpha value is -1.13. The van der Waals surface area contributed by atoms with Gasteiger partial charge in [-0.2, -0.15) is 0 Å². The summed E-state index contributed by atoms with van der Waals surface area (Å²) in [6.45, 7) is 5.20. The smallest absolute Gasteiger partial charge is 0.125 e. The Balaban J connectivity index is 1.95. The van der Waals surface area contributed by atoms with Crippen LogP contribution in [0.15, 0.2) is 18.3 Å². The highest BCUT2D eigenvalue weighted by molar-refractivity contribution is 5.35. The minimum atomic E-state index is 0.267. The molecular formula is C14H23N3O. The molecule has 0 bridgehead atoms. The Bertz CT molecular complexity index is 353. The van der Waals surface area contributed by atoms with Crippen LogP contribution in [0.25, 0.3) is 0 Å². The average molecular weight is 249 g/mol. The number of pyridine rings is 1. The minimum Gasteiger partial charge on any atom is -0.395 e. The van der Waals surface area contributed by atoms with E-state index < -0.39 is 0 Å². The molecule has 1 unspecified atom stereocenters. The van der Waals surface area contributed by atoms with Crippen LogP contribution in [0.3, 0.4) is 0 Å². The third-order valence-electron chi connectivity index (χ3n) is 3.53. The molecule has 0 aliphatic carbocycles. The zero-order valence-electron chi connectivity index (χ0n) is 11.1. The first-order chi connectivity index (χ1) is 8.83. The molecule has 2 rings (SSSR count). The zero-order chi connectivity index (χ0) is 12.8. The van der Waals surface area contributed by atoms with Gasteiger partial charge in [-0.15, -0.1) is 0 Å². The van der Waals surface area contributed by atoms with Crippen molar-refractivity contribution in [2.24, 2.45) is 0 Å². The maximum Gasteiger partial charge on any atom is 0.125 e. The maximum absolute atomic E-state index is 9.39. The van der Waals surface area contributed by atoms with Gasteiger partial charge in [0.25, 0.3) is 0 Å². The van der Waals surface area contributed by atoms with E-state index in [2.05, 4.69) is 28.2 Å². The number of nitrogens with one attached hydrogen (secondary N) is 1. The molecule has 4 nitrogen and oxygen atoms in total. The van der Waals surface area contributed by atoms with Crippen molar-refractivity contribution in [3.8, 4) is 0 Å². The number of rotatable bonds is 5. The van der Waals surface area contributed by atoms with Gasteiger partial charge in [-0.3, -0.25) is 4.90 Å². The molecule has 1 atom stereocenters. The second-order valence-electron chi connectivity index (χ2n) is 4.88. The molecular weight excluding hydrogens is 226 g/mol. The Kier molecular flexibility index (Phi) is 4.96. The molecule has 18 heavy (non-hydrogen) atoms. The second kappa shape index (κ2) is 6.71. The molecule has 1 aromatic heterocycles. The number of nitrogens with zero attached hydrogens (tertiary/aromatic N) is 2. The standard InChI is InChI=1S/C14H23N3O/c1-2-15-14-7-6-12(9-16-14)10-17-8-4-3-5-13(17)11-18/h6-7,9,13,18H,2-5,8,10-11H2,1H3,(H,15,16). The number of likely N-dealkylation sites (tertiary alicyclic amines) is 1. The van der Waals surface area contributed by atoms with Gasteiger partial charge in [0, 0.05) is 25.3 Å². The molecule has 0 saturated carbocycles. The van der Waals surface area contributed by atoms with Crippen LogP contribution in [0.5, 0.6) is 0 Å². The lowest BCUT2D eigenvalue weighted by Gasteiger charge is -2.34. The van der Waals surface area contributed by atoms with Crippen molar-refractivity contribution in [3.63, 3.8) is 0 Å². The predicted octanol–water partition coefficient (Wildman–Crippen LogP) is 1.86. The van der Waals surface area contributed by atoms with Gasteiger partial charge in [-0.1, -0.05) is 12.5 Å². The predicted molar refractivity (Wildman–Crippen MR) is 73.5 cm³/mol. The summed E-state index contributed by atoms with van der Waals surface area (Å²) in [5, 5.41) is 12.6. The number of aromatic nitrogens is 1. The van der Waals surface area contributed by atoms with Gasteiger partial charge in [0.05, 0.1) is 6.61 Å². The molecule has 0 radical (unpaired) electrons. The summed E-state index contributed by atoms with van der Waals surface area (Å²) < 4.78 is 0. The van der Waals surface area contributed by atoms with E-state index in [1.54, 1.807) is 0 Å². The Morgan fingerprint density at radius 1 is 1.44 bits per heavy atom. The van der Waals surface area contributed by atoms with E-state index >= 15 is 0 Å². The van der Waals surface area contributed by atoms with Gasteiger partial charge in [0.15, 0.2) is 0 Å². The van der Waals surface area contributed by atoms with Crippen molar-refractivity contribution in [3.05, 3.63) is 23.9 Å². The maximum atomic E-state index is 9.39. The van der Waals surface area contributed by atoms with Crippen LogP contribution in [-0.2, 0) is 6.54 Å². The lowest BCUT2D eigenvalue weighted by atomic mass is 10.0. The van der Waals surface area contributed by atoms with Gasteiger partial charge < -0.3 is 10.4 Å². The fourth-order valence-corrected chi connectivity index (χ4v) is 2.51. The Morgan fingerprint density at radius 2 is 2.33 bits per heavy atom. The molecule has 2 heterocycles. The van der Waals surface area contributed by atoms with Crippen molar-refractivity contribution in [1.29, 1.82) is 0 Å². The Labute approximate surface area is 109 Å². The largest absolute Gasteiger partial charge is 0.395 e. The summed E-state index contributed by atoms with van der Waals surface area (Å²) >= 11 is 0. The van der Waals surface area contributed by atoms with Crippen LogP contribution in [0.1, 0.15) is 31.7 Å². The molecule has 0 aromatic carbocycles. The van der Waals surface area contributed by atoms with Crippen LogP contribution in [0.4, 0.5) is 5.82 Å². The number of piperidine rings is 1. The number of hydrogen-bond acceptors (Lipinski definition) is 4. The van der Waals surface area contributed by atoms with Crippen molar-refractivity contribution in [2.75, 3.05) is 25.0 Å². The van der Waals surface area contributed by atoms with Crippen LogP contribution >= 0.6 is 0 Å². The lowest BCUT2D eigenvalue weighted by molar-refractivity contribution is 0.0840. The van der Waals surface area contributed by atoms with Crippen LogP contribution in [0, 0.1) is 0 Å². The van der Waals surface area contributed by atoms with Crippen LogP contribution in [-0.4, -0.2) is 40.7 Å². The van der Waals surface area contributed by atoms with E-state index in [-0.39, 0.29) is 6.61 Å². The van der Waals surface area contributed by atoms with Gasteiger partial charge in [0.2, 0.25) is 0 Å². The normalized spacial score (nSPS) is 20.9. The molecule has 1 aliphatic rings. The molecule has 1 saturated heterocycles. The minimum absolute atomic E-state index is 0.267. The second-order valence-corrected chi connectivity index (χ2v) is 4.88. The molecule has 0 spiro atoms. The lowest BCUT2D eigenvalue weighted by Crippen LogP contribution is -2.41. The summed E-state index contributed by atoms with van der Waals surface area (Å²) in [4.78, 5) is 6.75. The summed E-state index contributed by atoms with van der Waals surface area (Å²) in [6, 6.07) is 4.47. The number of anilines is 1. The van der Waals surface area contributed by atoms with Gasteiger partial charge in [-0.25, -0.2) is 4.98 Å². The van der Waals surface area contributed by atoms with Crippen molar-refractivity contribution >= 4 is 5.82 Å². The number of aliphatic hydroxyl groups is 1. The first-order valence-electron chi connectivity index (χ1n) is 6.87. The van der Waals surface area contributed by atoms with Crippen molar-refractivity contribution in [1.82, 2.24) is 9.88 Å². The zero-order valence-corrected chi connectivity index (χ0v) is 11.1. The fourth-order valence-electron chi connectivity index (χ4n) is 2.51. The van der Waals surface area contributed by atoms with E-state index in [0.717, 1.165) is 31.9 Å². The van der Waals surface area contributed by atoms with Crippen molar-refractivity contribution in [2.45, 2.75) is 38.8 Å². The average Bonchev–Trinajstić information content (AvgIpc) is 2.42. The molecule has 1 fully saturated rings. The monoisotopic (exact) mass is 249 g/mol. The first kappa shape index (κ1) is 13.3. The van der Waals surface area contributed by atoms with Crippen molar-refractivity contribution < 1.29 is 5.11 Å². The highest BCUT2D eigenvalue weighted by Crippen LogP contribution is 2.19. The summed E-state index contributed by atoms with van der Waals surface area (Å²) in [6.07, 6.45) is 5.51. The molecule has 2 N–H and O–H groups in total. The van der Waals surface area contributed by atoms with Crippen LogP contribution in [0.2, 0.25) is 0 Å².